The third kappa shape index (κ3) is 5.91. The van der Waals surface area contributed by atoms with Gasteiger partial charge in [-0.2, -0.15) is 0 Å². The molecule has 0 amide bonds. The first-order chi connectivity index (χ1) is 17.4. The number of aliphatic hydroxyl groups is 1. The zero-order valence-corrected chi connectivity index (χ0v) is 20.6. The standard InChI is InChI=1S/C29H30FNO5/c1-18(2)25-16-26(34-3)29(35-17-21-6-4-5-13-31-21)28(19-7-9-20(30)10-8-19)24(25)12-11-23-14-22(32)15-27(33)36-23/h4-13,16,18,22-23,32H,14-15,17H2,1-3H3/t22-,23-/m1/s1. The molecule has 3 aromatic rings. The molecule has 36 heavy (non-hydrogen) atoms. The van der Waals surface area contributed by atoms with E-state index in [0.29, 0.717) is 17.9 Å². The van der Waals surface area contributed by atoms with Crippen LogP contribution in [0.1, 0.15) is 49.4 Å². The Hall–Kier alpha value is -3.71. The van der Waals surface area contributed by atoms with Gasteiger partial charge in [-0.3, -0.25) is 9.78 Å². The zero-order valence-electron chi connectivity index (χ0n) is 20.6. The van der Waals surface area contributed by atoms with E-state index >= 15 is 0 Å². The van der Waals surface area contributed by atoms with Gasteiger partial charge in [-0.25, -0.2) is 4.39 Å². The Morgan fingerprint density at radius 3 is 2.64 bits per heavy atom. The van der Waals surface area contributed by atoms with Gasteiger partial charge >= 0.3 is 5.97 Å². The average molecular weight is 492 g/mol. The molecule has 4 rings (SSSR count). The lowest BCUT2D eigenvalue weighted by molar-refractivity contribution is -0.156. The number of carbonyl (C=O) groups is 1. The van der Waals surface area contributed by atoms with E-state index in [0.717, 1.165) is 27.9 Å². The number of hydrogen-bond acceptors (Lipinski definition) is 6. The minimum absolute atomic E-state index is 0.00351. The molecule has 1 saturated heterocycles. The Balaban J connectivity index is 1.86. The van der Waals surface area contributed by atoms with Crippen LogP contribution in [0.25, 0.3) is 17.2 Å². The number of nitrogens with zero attached hydrogens (tertiary/aromatic N) is 1. The number of halogens is 1. The summed E-state index contributed by atoms with van der Waals surface area (Å²) in [6.07, 6.45) is 4.39. The molecular formula is C29H30FNO5. The maximum Gasteiger partial charge on any atom is 0.309 e. The number of benzene rings is 2. The fourth-order valence-electron chi connectivity index (χ4n) is 4.29. The van der Waals surface area contributed by atoms with Crippen molar-refractivity contribution in [2.45, 2.75) is 51.4 Å². The first-order valence-electron chi connectivity index (χ1n) is 11.9. The van der Waals surface area contributed by atoms with Crippen LogP contribution in [0.2, 0.25) is 0 Å². The molecule has 0 radical (unpaired) electrons. The molecule has 1 aliphatic rings. The minimum atomic E-state index is -0.741. The van der Waals surface area contributed by atoms with E-state index in [2.05, 4.69) is 18.8 Å². The van der Waals surface area contributed by atoms with E-state index in [4.69, 9.17) is 14.2 Å². The van der Waals surface area contributed by atoms with Crippen molar-refractivity contribution >= 4 is 12.0 Å². The molecule has 7 heteroatoms. The summed E-state index contributed by atoms with van der Waals surface area (Å²) in [5.74, 6) is 0.384. The van der Waals surface area contributed by atoms with E-state index in [1.807, 2.05) is 30.3 Å². The molecule has 1 aliphatic heterocycles. The Kier molecular flexibility index (Phi) is 8.00. The van der Waals surface area contributed by atoms with E-state index in [1.54, 1.807) is 31.5 Å². The van der Waals surface area contributed by atoms with Crippen LogP contribution in [0.15, 0.2) is 60.8 Å². The van der Waals surface area contributed by atoms with Gasteiger partial charge in [0.2, 0.25) is 0 Å². The molecule has 0 unspecified atom stereocenters. The van der Waals surface area contributed by atoms with Crippen molar-refractivity contribution in [1.82, 2.24) is 4.98 Å². The second-order valence-corrected chi connectivity index (χ2v) is 9.04. The van der Waals surface area contributed by atoms with E-state index < -0.39 is 18.2 Å². The summed E-state index contributed by atoms with van der Waals surface area (Å²) in [5.41, 5.74) is 4.04. The fourth-order valence-corrected chi connectivity index (χ4v) is 4.29. The molecule has 188 valence electrons. The SMILES string of the molecule is COc1cc(C(C)C)c(C=C[C@@H]2C[C@@H](O)CC(=O)O2)c(-c2ccc(F)cc2)c1OCc1ccccn1. The third-order valence-electron chi connectivity index (χ3n) is 6.05. The van der Waals surface area contributed by atoms with Gasteiger partial charge < -0.3 is 19.3 Å². The lowest BCUT2D eigenvalue weighted by atomic mass is 9.88. The first kappa shape index (κ1) is 25.4. The van der Waals surface area contributed by atoms with Gasteiger partial charge in [0, 0.05) is 18.2 Å². The number of rotatable bonds is 8. The number of aliphatic hydroxyl groups excluding tert-OH is 1. The van der Waals surface area contributed by atoms with Crippen molar-refractivity contribution in [2.75, 3.05) is 7.11 Å². The number of pyridine rings is 1. The molecule has 1 N–H and O–H groups in total. The van der Waals surface area contributed by atoms with Crippen molar-refractivity contribution < 1.29 is 28.5 Å². The largest absolute Gasteiger partial charge is 0.493 e. The van der Waals surface area contributed by atoms with Gasteiger partial charge in [0.05, 0.1) is 25.3 Å². The van der Waals surface area contributed by atoms with Crippen molar-refractivity contribution in [3.8, 4) is 22.6 Å². The predicted octanol–water partition coefficient (Wildman–Crippen LogP) is 5.68. The molecule has 6 nitrogen and oxygen atoms in total. The fraction of sp³-hybridized carbons (Fsp3) is 0.310. The third-order valence-corrected chi connectivity index (χ3v) is 6.05. The predicted molar refractivity (Wildman–Crippen MR) is 135 cm³/mol. The molecule has 0 bridgehead atoms. The molecule has 2 atom stereocenters. The van der Waals surface area contributed by atoms with E-state index in [-0.39, 0.29) is 24.8 Å². The normalized spacial score (nSPS) is 17.9. The lowest BCUT2D eigenvalue weighted by Gasteiger charge is -2.25. The van der Waals surface area contributed by atoms with Gasteiger partial charge in [0.25, 0.3) is 0 Å². The average Bonchev–Trinajstić information content (AvgIpc) is 2.86. The van der Waals surface area contributed by atoms with Crippen LogP contribution in [0.3, 0.4) is 0 Å². The number of cyclic esters (lactones) is 1. The van der Waals surface area contributed by atoms with Crippen LogP contribution < -0.4 is 9.47 Å². The number of hydrogen-bond donors (Lipinski definition) is 1. The summed E-state index contributed by atoms with van der Waals surface area (Å²) >= 11 is 0. The molecular weight excluding hydrogens is 461 g/mol. The van der Waals surface area contributed by atoms with Gasteiger partial charge in [0.1, 0.15) is 18.5 Å². The molecule has 0 aliphatic carbocycles. The summed E-state index contributed by atoms with van der Waals surface area (Å²) in [6.45, 7) is 4.35. The minimum Gasteiger partial charge on any atom is -0.493 e. The van der Waals surface area contributed by atoms with E-state index in [1.165, 1.54) is 12.1 Å². The maximum absolute atomic E-state index is 13.8. The van der Waals surface area contributed by atoms with E-state index in [9.17, 15) is 14.3 Å². The highest BCUT2D eigenvalue weighted by atomic mass is 19.1. The highest BCUT2D eigenvalue weighted by Crippen LogP contribution is 2.45. The second-order valence-electron chi connectivity index (χ2n) is 9.04. The van der Waals surface area contributed by atoms with Crippen LogP contribution in [-0.2, 0) is 16.1 Å². The monoisotopic (exact) mass is 491 g/mol. The zero-order chi connectivity index (χ0) is 25.7. The molecule has 0 spiro atoms. The molecule has 1 aromatic heterocycles. The Morgan fingerprint density at radius 1 is 1.22 bits per heavy atom. The quantitative estimate of drug-likeness (QED) is 0.409. The topological polar surface area (TPSA) is 77.9 Å². The van der Waals surface area contributed by atoms with Crippen molar-refractivity contribution in [2.24, 2.45) is 0 Å². The van der Waals surface area contributed by atoms with Gasteiger partial charge in [0.15, 0.2) is 11.5 Å². The number of methoxy groups -OCH3 is 1. The summed E-state index contributed by atoms with van der Waals surface area (Å²) in [5, 5.41) is 10.0. The van der Waals surface area contributed by atoms with Crippen molar-refractivity contribution in [3.63, 3.8) is 0 Å². The van der Waals surface area contributed by atoms with Crippen LogP contribution in [0.5, 0.6) is 11.5 Å². The van der Waals surface area contributed by atoms with Gasteiger partial charge in [-0.1, -0.05) is 38.1 Å². The maximum atomic E-state index is 13.8. The van der Waals surface area contributed by atoms with Crippen LogP contribution in [0, 0.1) is 5.82 Å². The number of ether oxygens (including phenoxy) is 3. The molecule has 1 fully saturated rings. The Bertz CT molecular complexity index is 1220. The number of esters is 1. The molecule has 0 saturated carbocycles. The smallest absolute Gasteiger partial charge is 0.309 e. The lowest BCUT2D eigenvalue weighted by Crippen LogP contribution is -2.31. The highest BCUT2D eigenvalue weighted by molar-refractivity contribution is 5.85. The van der Waals surface area contributed by atoms with Gasteiger partial charge in [-0.15, -0.1) is 0 Å². The van der Waals surface area contributed by atoms with Crippen molar-refractivity contribution in [1.29, 1.82) is 0 Å². The van der Waals surface area contributed by atoms with Gasteiger partial charge in [-0.05, 0) is 59.0 Å². The number of aromatic nitrogens is 1. The van der Waals surface area contributed by atoms with Crippen LogP contribution in [0.4, 0.5) is 4.39 Å². The Morgan fingerprint density at radius 2 is 2.00 bits per heavy atom. The second kappa shape index (κ2) is 11.4. The number of carbonyl (C=O) groups excluding carboxylic acids is 1. The summed E-state index contributed by atoms with van der Waals surface area (Å²) in [4.78, 5) is 16.2. The van der Waals surface area contributed by atoms with Crippen LogP contribution in [-0.4, -0.2) is 35.4 Å². The molecule has 2 heterocycles. The summed E-state index contributed by atoms with van der Waals surface area (Å²) in [6, 6.07) is 13.7. The highest BCUT2D eigenvalue weighted by Gasteiger charge is 2.26. The summed E-state index contributed by atoms with van der Waals surface area (Å²) in [7, 11) is 1.58. The Labute approximate surface area is 210 Å². The molecule has 2 aromatic carbocycles. The summed E-state index contributed by atoms with van der Waals surface area (Å²) < 4.78 is 31.3. The van der Waals surface area contributed by atoms with Crippen molar-refractivity contribution in [3.05, 3.63) is 83.4 Å². The van der Waals surface area contributed by atoms with Crippen LogP contribution >= 0.6 is 0 Å². The first-order valence-corrected chi connectivity index (χ1v) is 11.9.